The fraction of sp³-hybridized carbons (Fsp3) is 0.868. The molecule has 0 spiro atoms. The van der Waals surface area contributed by atoms with Crippen molar-refractivity contribution in [3.63, 3.8) is 0 Å². The summed E-state index contributed by atoms with van der Waals surface area (Å²) in [6.07, 6.45) is 11.5. The molecule has 0 N–H and O–H groups in total. The first-order valence-corrected chi connectivity index (χ1v) is 17.5. The maximum Gasteiger partial charge on any atom is 0.315 e. The van der Waals surface area contributed by atoms with E-state index in [4.69, 9.17) is 14.2 Å². The molecule has 0 radical (unpaired) electrons. The second-order valence-corrected chi connectivity index (χ2v) is 18.0. The molecule has 5 aliphatic rings. The molecule has 6 heteroatoms. The number of esters is 3. The van der Waals surface area contributed by atoms with Crippen LogP contribution in [0, 0.1) is 62.1 Å². The number of allylic oxidation sites excluding steroid dienone is 2. The number of rotatable bonds is 4. The Labute approximate surface area is 266 Å². The van der Waals surface area contributed by atoms with Crippen molar-refractivity contribution in [3.8, 4) is 0 Å². The Kier molecular flexibility index (Phi) is 8.27. The molecule has 0 saturated heterocycles. The van der Waals surface area contributed by atoms with Gasteiger partial charge in [0.2, 0.25) is 6.79 Å². The van der Waals surface area contributed by atoms with E-state index in [1.165, 1.54) is 5.57 Å². The minimum Gasteiger partial charge on any atom is -0.462 e. The first kappa shape index (κ1) is 33.5. The molecule has 0 aromatic heterocycles. The Morgan fingerprint density at radius 3 is 2.18 bits per heavy atom. The van der Waals surface area contributed by atoms with E-state index >= 15 is 0 Å². The lowest BCUT2D eigenvalue weighted by Gasteiger charge is -2.71. The van der Waals surface area contributed by atoms with Crippen LogP contribution in [0.5, 0.6) is 0 Å². The Morgan fingerprint density at radius 1 is 0.864 bits per heavy atom. The van der Waals surface area contributed by atoms with Crippen LogP contribution < -0.4 is 0 Å². The molecule has 2 unspecified atom stereocenters. The molecule has 0 bridgehead atoms. The van der Waals surface area contributed by atoms with Gasteiger partial charge in [0.15, 0.2) is 0 Å². The molecular formula is C38H60O6. The molecule has 0 aromatic carbocycles. The standard InChI is InChI=1S/C38H60O6/c1-23-14-19-38(32(41)43-22-42-31(40)33(4,5)6)21-20-36(10)26(30(38)24(23)2)12-13-28-35(9)17-16-29(44-25(3)39)34(7,8)27(35)15-18-37(28,36)11/h12,23-24,27-30H,13-22H2,1-11H3/t23-,24?,27+,28?,29+,30+,35+,36-,37-,38+/m1/s1. The number of fused-ring (bicyclic) bond motifs is 7. The average Bonchev–Trinajstić information content (AvgIpc) is 2.92. The summed E-state index contributed by atoms with van der Waals surface area (Å²) < 4.78 is 17.1. The number of carbonyl (C=O) groups excluding carboxylic acids is 3. The molecule has 4 fully saturated rings. The van der Waals surface area contributed by atoms with E-state index in [9.17, 15) is 14.4 Å². The number of hydrogen-bond donors (Lipinski definition) is 0. The van der Waals surface area contributed by atoms with E-state index in [2.05, 4.69) is 54.5 Å². The number of carbonyl (C=O) groups is 3. The van der Waals surface area contributed by atoms with Gasteiger partial charge in [-0.2, -0.15) is 0 Å². The smallest absolute Gasteiger partial charge is 0.315 e. The zero-order valence-corrected chi connectivity index (χ0v) is 29.6. The van der Waals surface area contributed by atoms with Crippen molar-refractivity contribution in [1.82, 2.24) is 0 Å². The maximum absolute atomic E-state index is 14.1. The van der Waals surface area contributed by atoms with Crippen LogP contribution in [0.4, 0.5) is 0 Å². The van der Waals surface area contributed by atoms with Crippen LogP contribution in [0.25, 0.3) is 0 Å². The quantitative estimate of drug-likeness (QED) is 0.180. The summed E-state index contributed by atoms with van der Waals surface area (Å²) in [6.45, 7) is 23.7. The van der Waals surface area contributed by atoms with Crippen molar-refractivity contribution in [2.75, 3.05) is 6.79 Å². The van der Waals surface area contributed by atoms with Gasteiger partial charge in [0.05, 0.1) is 10.8 Å². The highest BCUT2D eigenvalue weighted by atomic mass is 16.7. The molecule has 0 amide bonds. The summed E-state index contributed by atoms with van der Waals surface area (Å²) in [7, 11) is 0. The van der Waals surface area contributed by atoms with E-state index in [-0.39, 0.29) is 58.4 Å². The molecule has 5 aliphatic carbocycles. The van der Waals surface area contributed by atoms with E-state index in [1.807, 2.05) is 20.8 Å². The number of hydrogen-bond acceptors (Lipinski definition) is 6. The molecule has 10 atom stereocenters. The molecule has 0 aromatic rings. The Bertz CT molecular complexity index is 1210. The van der Waals surface area contributed by atoms with Crippen molar-refractivity contribution in [3.05, 3.63) is 11.6 Å². The maximum atomic E-state index is 14.1. The van der Waals surface area contributed by atoms with Crippen molar-refractivity contribution >= 4 is 17.9 Å². The molecule has 5 rings (SSSR count). The van der Waals surface area contributed by atoms with Gasteiger partial charge in [0.1, 0.15) is 6.10 Å². The Balaban J connectivity index is 1.47. The lowest BCUT2D eigenvalue weighted by atomic mass is 9.33. The lowest BCUT2D eigenvalue weighted by Crippen LogP contribution is -2.65. The van der Waals surface area contributed by atoms with E-state index in [0.29, 0.717) is 23.7 Å². The minimum absolute atomic E-state index is 0.000754. The molecule has 4 saturated carbocycles. The fourth-order valence-corrected chi connectivity index (χ4v) is 11.7. The molecule has 0 heterocycles. The fourth-order valence-electron chi connectivity index (χ4n) is 11.7. The highest BCUT2D eigenvalue weighted by Crippen LogP contribution is 2.76. The highest BCUT2D eigenvalue weighted by molar-refractivity contribution is 5.79. The topological polar surface area (TPSA) is 78.9 Å². The summed E-state index contributed by atoms with van der Waals surface area (Å²) >= 11 is 0. The van der Waals surface area contributed by atoms with Gasteiger partial charge in [-0.1, -0.05) is 60.1 Å². The van der Waals surface area contributed by atoms with Crippen LogP contribution in [0.15, 0.2) is 11.6 Å². The third-order valence-electron chi connectivity index (χ3n) is 14.6. The third kappa shape index (κ3) is 4.81. The summed E-state index contributed by atoms with van der Waals surface area (Å²) in [5, 5.41) is 0. The average molecular weight is 613 g/mol. The first-order valence-electron chi connectivity index (χ1n) is 17.5. The summed E-state index contributed by atoms with van der Waals surface area (Å²) in [5.74, 6) is 1.35. The second kappa shape index (κ2) is 10.9. The van der Waals surface area contributed by atoms with E-state index in [1.54, 1.807) is 6.92 Å². The molecular weight excluding hydrogens is 552 g/mol. The van der Waals surface area contributed by atoms with Gasteiger partial charge in [-0.15, -0.1) is 0 Å². The predicted octanol–water partition coefficient (Wildman–Crippen LogP) is 8.67. The van der Waals surface area contributed by atoms with E-state index in [0.717, 1.165) is 57.8 Å². The molecule has 0 aliphatic heterocycles. The van der Waals surface area contributed by atoms with Crippen LogP contribution in [0.3, 0.4) is 0 Å². The van der Waals surface area contributed by atoms with Crippen molar-refractivity contribution < 1.29 is 28.6 Å². The highest BCUT2D eigenvalue weighted by Gasteiger charge is 2.70. The van der Waals surface area contributed by atoms with Gasteiger partial charge in [0, 0.05) is 12.3 Å². The molecule has 248 valence electrons. The zero-order valence-electron chi connectivity index (χ0n) is 29.6. The Hall–Kier alpha value is -1.85. The van der Waals surface area contributed by atoms with E-state index < -0.39 is 10.8 Å². The van der Waals surface area contributed by atoms with Crippen LogP contribution in [0.2, 0.25) is 0 Å². The van der Waals surface area contributed by atoms with Gasteiger partial charge in [-0.05, 0) is 124 Å². The van der Waals surface area contributed by atoms with Gasteiger partial charge in [-0.3, -0.25) is 14.4 Å². The molecule has 44 heavy (non-hydrogen) atoms. The largest absolute Gasteiger partial charge is 0.462 e. The van der Waals surface area contributed by atoms with Gasteiger partial charge >= 0.3 is 17.9 Å². The molecule has 6 nitrogen and oxygen atoms in total. The second-order valence-electron chi connectivity index (χ2n) is 18.0. The van der Waals surface area contributed by atoms with Crippen LogP contribution in [0.1, 0.15) is 134 Å². The van der Waals surface area contributed by atoms with Crippen molar-refractivity contribution in [2.45, 2.75) is 140 Å². The van der Waals surface area contributed by atoms with Gasteiger partial charge in [0.25, 0.3) is 0 Å². The minimum atomic E-state index is -0.641. The number of ether oxygens (including phenoxy) is 3. The summed E-state index contributed by atoms with van der Waals surface area (Å²) in [6, 6.07) is 0. The van der Waals surface area contributed by atoms with Crippen LogP contribution in [-0.2, 0) is 28.6 Å². The predicted molar refractivity (Wildman–Crippen MR) is 171 cm³/mol. The SMILES string of the molecule is CC(=O)O[C@H]1CC[C@]2(C)C3CC=C4[C@@H]5C(C)[C@H](C)CC[C@]5(C(=O)OCOC(=O)C(C)(C)C)CC[C@@]4(C)[C@]3(C)CC[C@H]2C1(C)C. The van der Waals surface area contributed by atoms with Gasteiger partial charge in [-0.25, -0.2) is 0 Å². The van der Waals surface area contributed by atoms with Crippen LogP contribution in [-0.4, -0.2) is 30.8 Å². The Morgan fingerprint density at radius 2 is 1.55 bits per heavy atom. The summed E-state index contributed by atoms with van der Waals surface area (Å²) in [4.78, 5) is 38.5. The normalized spacial score (nSPS) is 44.5. The van der Waals surface area contributed by atoms with Gasteiger partial charge < -0.3 is 14.2 Å². The van der Waals surface area contributed by atoms with Crippen LogP contribution >= 0.6 is 0 Å². The van der Waals surface area contributed by atoms with Crippen molar-refractivity contribution in [1.29, 1.82) is 0 Å². The lowest BCUT2D eigenvalue weighted by molar-refractivity contribution is -0.215. The zero-order chi connectivity index (χ0) is 32.7. The summed E-state index contributed by atoms with van der Waals surface area (Å²) in [5.41, 5.74) is 0.497. The first-order chi connectivity index (χ1) is 20.3. The third-order valence-corrected chi connectivity index (χ3v) is 14.6. The monoisotopic (exact) mass is 612 g/mol. The van der Waals surface area contributed by atoms with Crippen molar-refractivity contribution in [2.24, 2.45) is 62.1 Å².